The van der Waals surface area contributed by atoms with E-state index in [4.69, 9.17) is 10.5 Å². The molecule has 0 aromatic heterocycles. The lowest BCUT2D eigenvalue weighted by atomic mass is 9.76. The minimum Gasteiger partial charge on any atom is -0.496 e. The third-order valence-corrected chi connectivity index (χ3v) is 4.03. The summed E-state index contributed by atoms with van der Waals surface area (Å²) in [6, 6.07) is 3.39. The number of ether oxygens (including phenoxy) is 1. The fourth-order valence-corrected chi connectivity index (χ4v) is 2.88. The first-order chi connectivity index (χ1) is 8.60. The summed E-state index contributed by atoms with van der Waals surface area (Å²) in [5, 5.41) is 0. The van der Waals surface area contributed by atoms with Gasteiger partial charge >= 0.3 is 0 Å². The molecule has 0 spiro atoms. The van der Waals surface area contributed by atoms with Gasteiger partial charge in [-0.1, -0.05) is 26.2 Å². The van der Waals surface area contributed by atoms with Crippen molar-refractivity contribution in [1.29, 1.82) is 0 Å². The second kappa shape index (κ2) is 5.27. The molecule has 3 heteroatoms. The first kappa shape index (κ1) is 13.3. The van der Waals surface area contributed by atoms with Crippen LogP contribution in [0.2, 0.25) is 0 Å². The summed E-state index contributed by atoms with van der Waals surface area (Å²) in [6.07, 6.45) is 6.11. The second-order valence-electron chi connectivity index (χ2n) is 5.21. The van der Waals surface area contributed by atoms with E-state index < -0.39 is 0 Å². The number of hydrogen-bond acceptors (Lipinski definition) is 2. The maximum absolute atomic E-state index is 13.8. The minimum absolute atomic E-state index is 0.197. The van der Waals surface area contributed by atoms with Crippen molar-refractivity contribution in [2.75, 3.05) is 7.11 Å². The van der Waals surface area contributed by atoms with Crippen molar-refractivity contribution in [3.05, 3.63) is 29.1 Å². The molecule has 2 rings (SSSR count). The molecule has 1 aromatic carbocycles. The normalized spacial score (nSPS) is 18.7. The van der Waals surface area contributed by atoms with Crippen molar-refractivity contribution >= 4 is 0 Å². The van der Waals surface area contributed by atoms with Crippen molar-refractivity contribution in [2.24, 2.45) is 5.73 Å². The number of benzene rings is 1. The van der Waals surface area contributed by atoms with Crippen LogP contribution < -0.4 is 10.5 Å². The standard InChI is InChI=1S/C15H22FNO/c1-3-11-9-12(14(18-2)10-13(11)16)15(17)7-5-4-6-8-15/h9-10H,3-8,17H2,1-2H3. The first-order valence-electron chi connectivity index (χ1n) is 6.76. The minimum atomic E-state index is -0.346. The average molecular weight is 251 g/mol. The molecule has 100 valence electrons. The second-order valence-corrected chi connectivity index (χ2v) is 5.21. The molecular weight excluding hydrogens is 229 g/mol. The van der Waals surface area contributed by atoms with Gasteiger partial charge in [0.05, 0.1) is 7.11 Å². The predicted molar refractivity (Wildman–Crippen MR) is 71.3 cm³/mol. The molecule has 0 unspecified atom stereocenters. The lowest BCUT2D eigenvalue weighted by Crippen LogP contribution is -2.39. The van der Waals surface area contributed by atoms with E-state index in [0.717, 1.165) is 36.8 Å². The molecule has 1 fully saturated rings. The Bertz CT molecular complexity index is 425. The summed E-state index contributed by atoms with van der Waals surface area (Å²) in [7, 11) is 1.58. The van der Waals surface area contributed by atoms with Crippen LogP contribution in [-0.2, 0) is 12.0 Å². The van der Waals surface area contributed by atoms with Gasteiger partial charge in [-0.05, 0) is 30.9 Å². The molecular formula is C15H22FNO. The molecule has 0 heterocycles. The fraction of sp³-hybridized carbons (Fsp3) is 0.600. The Kier molecular flexibility index (Phi) is 3.91. The molecule has 0 atom stereocenters. The monoisotopic (exact) mass is 251 g/mol. The topological polar surface area (TPSA) is 35.2 Å². The SMILES string of the molecule is CCc1cc(C2(N)CCCCC2)c(OC)cc1F. The summed E-state index contributed by atoms with van der Waals surface area (Å²) in [4.78, 5) is 0. The quantitative estimate of drug-likeness (QED) is 0.892. The van der Waals surface area contributed by atoms with Gasteiger partial charge in [-0.15, -0.1) is 0 Å². The Labute approximate surface area is 108 Å². The molecule has 2 nitrogen and oxygen atoms in total. The van der Waals surface area contributed by atoms with Crippen LogP contribution in [0.25, 0.3) is 0 Å². The third-order valence-electron chi connectivity index (χ3n) is 4.03. The van der Waals surface area contributed by atoms with Crippen LogP contribution in [0.5, 0.6) is 5.75 Å². The van der Waals surface area contributed by atoms with Gasteiger partial charge < -0.3 is 10.5 Å². The van der Waals surface area contributed by atoms with Crippen molar-refractivity contribution in [3.63, 3.8) is 0 Å². The number of nitrogens with two attached hydrogens (primary N) is 1. The van der Waals surface area contributed by atoms with Crippen LogP contribution in [-0.4, -0.2) is 7.11 Å². The molecule has 1 saturated carbocycles. The Balaban J connectivity index is 2.47. The highest BCUT2D eigenvalue weighted by Crippen LogP contribution is 2.40. The van der Waals surface area contributed by atoms with E-state index in [1.165, 1.54) is 12.5 Å². The van der Waals surface area contributed by atoms with Crippen LogP contribution in [0.1, 0.15) is 50.2 Å². The largest absolute Gasteiger partial charge is 0.496 e. The van der Waals surface area contributed by atoms with Gasteiger partial charge in [-0.25, -0.2) is 4.39 Å². The lowest BCUT2D eigenvalue weighted by molar-refractivity contribution is 0.288. The van der Waals surface area contributed by atoms with Crippen LogP contribution in [0.15, 0.2) is 12.1 Å². The summed E-state index contributed by atoms with van der Waals surface area (Å²) >= 11 is 0. The molecule has 1 aliphatic carbocycles. The maximum Gasteiger partial charge on any atom is 0.130 e. The Morgan fingerprint density at radius 2 is 1.94 bits per heavy atom. The number of methoxy groups -OCH3 is 1. The molecule has 0 saturated heterocycles. The van der Waals surface area contributed by atoms with Crippen molar-refractivity contribution in [3.8, 4) is 5.75 Å². The smallest absolute Gasteiger partial charge is 0.130 e. The van der Waals surface area contributed by atoms with Crippen molar-refractivity contribution < 1.29 is 9.13 Å². The van der Waals surface area contributed by atoms with Gasteiger partial charge in [-0.3, -0.25) is 0 Å². The van der Waals surface area contributed by atoms with Gasteiger partial charge in [0.15, 0.2) is 0 Å². The number of hydrogen-bond donors (Lipinski definition) is 1. The van der Waals surface area contributed by atoms with E-state index in [0.29, 0.717) is 12.2 Å². The van der Waals surface area contributed by atoms with Crippen molar-refractivity contribution in [2.45, 2.75) is 51.0 Å². The Morgan fingerprint density at radius 3 is 2.50 bits per heavy atom. The van der Waals surface area contributed by atoms with E-state index in [1.807, 2.05) is 13.0 Å². The van der Waals surface area contributed by atoms with Crippen LogP contribution in [0.3, 0.4) is 0 Å². The first-order valence-corrected chi connectivity index (χ1v) is 6.76. The molecule has 0 amide bonds. The van der Waals surface area contributed by atoms with Crippen molar-refractivity contribution in [1.82, 2.24) is 0 Å². The van der Waals surface area contributed by atoms with Gasteiger partial charge in [0, 0.05) is 17.2 Å². The lowest BCUT2D eigenvalue weighted by Gasteiger charge is -2.35. The summed E-state index contributed by atoms with van der Waals surface area (Å²) in [5.41, 5.74) is 7.88. The van der Waals surface area contributed by atoms with Crippen LogP contribution >= 0.6 is 0 Å². The summed E-state index contributed by atoms with van der Waals surface area (Å²) in [6.45, 7) is 1.96. The highest BCUT2D eigenvalue weighted by atomic mass is 19.1. The van der Waals surface area contributed by atoms with E-state index in [2.05, 4.69) is 0 Å². The van der Waals surface area contributed by atoms with Gasteiger partial charge in [-0.2, -0.15) is 0 Å². The van der Waals surface area contributed by atoms with Crippen LogP contribution in [0, 0.1) is 5.82 Å². The number of rotatable bonds is 3. The molecule has 1 aromatic rings. The van der Waals surface area contributed by atoms with E-state index >= 15 is 0 Å². The molecule has 0 bridgehead atoms. The van der Waals surface area contributed by atoms with E-state index in [1.54, 1.807) is 7.11 Å². The molecule has 1 aliphatic rings. The fourth-order valence-electron chi connectivity index (χ4n) is 2.88. The average Bonchev–Trinajstić information content (AvgIpc) is 2.39. The zero-order chi connectivity index (χ0) is 13.2. The van der Waals surface area contributed by atoms with Gasteiger partial charge in [0.2, 0.25) is 0 Å². The maximum atomic E-state index is 13.8. The van der Waals surface area contributed by atoms with E-state index in [9.17, 15) is 4.39 Å². The summed E-state index contributed by atoms with van der Waals surface area (Å²) in [5.74, 6) is 0.395. The molecule has 2 N–H and O–H groups in total. The third kappa shape index (κ3) is 2.37. The molecule has 18 heavy (non-hydrogen) atoms. The van der Waals surface area contributed by atoms with Crippen LogP contribution in [0.4, 0.5) is 4.39 Å². The highest BCUT2D eigenvalue weighted by molar-refractivity contribution is 5.43. The molecule has 0 radical (unpaired) electrons. The number of aryl methyl sites for hydroxylation is 1. The summed E-state index contributed by atoms with van der Waals surface area (Å²) < 4.78 is 19.1. The van der Waals surface area contributed by atoms with Gasteiger partial charge in [0.25, 0.3) is 0 Å². The van der Waals surface area contributed by atoms with Gasteiger partial charge in [0.1, 0.15) is 11.6 Å². The molecule has 0 aliphatic heterocycles. The zero-order valence-corrected chi connectivity index (χ0v) is 11.3. The predicted octanol–water partition coefficient (Wildman–Crippen LogP) is 3.51. The zero-order valence-electron chi connectivity index (χ0n) is 11.3. The Hall–Kier alpha value is -1.09. The Morgan fingerprint density at radius 1 is 1.28 bits per heavy atom. The highest BCUT2D eigenvalue weighted by Gasteiger charge is 2.32. The van der Waals surface area contributed by atoms with E-state index in [-0.39, 0.29) is 11.4 Å². The number of halogens is 1.